The van der Waals surface area contributed by atoms with E-state index in [0.717, 1.165) is 0 Å². The summed E-state index contributed by atoms with van der Waals surface area (Å²) in [6, 6.07) is -1.02. The highest BCUT2D eigenvalue weighted by Gasteiger charge is 2.42. The second-order valence-corrected chi connectivity index (χ2v) is 13.2. The number of amides is 1. The van der Waals surface area contributed by atoms with Crippen LogP contribution in [-0.4, -0.2) is 98.1 Å². The van der Waals surface area contributed by atoms with Gasteiger partial charge in [-0.2, -0.15) is 0 Å². The van der Waals surface area contributed by atoms with Crippen molar-refractivity contribution in [2.75, 3.05) is 0 Å². The van der Waals surface area contributed by atoms with Gasteiger partial charge in [-0.05, 0) is 20.3 Å². The summed E-state index contributed by atoms with van der Waals surface area (Å²) in [6.07, 6.45) is 32.6. The van der Waals surface area contributed by atoms with Crippen molar-refractivity contribution in [3.05, 3.63) is 134 Å². The number of aliphatic hydroxyl groups excluding tert-OH is 5. The van der Waals surface area contributed by atoms with Gasteiger partial charge in [0, 0.05) is 30.8 Å². The molecular formula is C43H57NO10. The molecule has 11 heteroatoms. The first kappa shape index (κ1) is 45.8. The molecule has 0 aromatic heterocycles. The number of rotatable bonds is 20. The molecule has 6 N–H and O–H groups in total. The van der Waals surface area contributed by atoms with E-state index >= 15 is 0 Å². The lowest BCUT2D eigenvalue weighted by molar-refractivity contribution is -0.302. The standard InChI is InChI=1S/C43H57NO10/c1-30(24-20-16-12-8-5-6-11-15-19-23-27-37(48)44-38-35(46)28-29-36(38)47)39(49)32(3)34(45)26-22-18-14-10-7-9-13-17-21-25-31(2)53-43-42(52)41(51)40(50)33(4)54-43/h5-24,26-27,30-34,38-43,45,49-52H,25,28-29H2,1-4H3,(H,44,48)/b8-5+,10-7?,11-6+,13-9?,16-12+,18-14?,19-15?,21-17?,24-20+,26-22?,27-23?. The molecule has 0 bridgehead atoms. The fourth-order valence-electron chi connectivity index (χ4n) is 5.25. The zero-order valence-electron chi connectivity index (χ0n) is 31.5. The van der Waals surface area contributed by atoms with Gasteiger partial charge in [0.2, 0.25) is 5.91 Å². The molecule has 2 fully saturated rings. The minimum absolute atomic E-state index is 0.178. The Bertz CT molecular complexity index is 1500. The number of carbonyl (C=O) groups excluding carboxylic acids is 3. The number of carbonyl (C=O) groups is 3. The molecule has 1 saturated heterocycles. The molecule has 1 saturated carbocycles. The van der Waals surface area contributed by atoms with Gasteiger partial charge in [-0.3, -0.25) is 14.4 Å². The van der Waals surface area contributed by atoms with Crippen LogP contribution in [0, 0.1) is 11.8 Å². The number of hydrogen-bond donors (Lipinski definition) is 6. The second kappa shape index (κ2) is 25.6. The molecule has 0 aromatic carbocycles. The van der Waals surface area contributed by atoms with Crippen molar-refractivity contribution in [1.82, 2.24) is 5.32 Å². The first-order valence-corrected chi connectivity index (χ1v) is 18.3. The van der Waals surface area contributed by atoms with Crippen LogP contribution in [0.4, 0.5) is 0 Å². The Balaban J connectivity index is 1.62. The summed E-state index contributed by atoms with van der Waals surface area (Å²) in [5.41, 5.74) is 0. The molecule has 1 aliphatic carbocycles. The smallest absolute Gasteiger partial charge is 0.244 e. The largest absolute Gasteiger partial charge is 0.392 e. The minimum Gasteiger partial charge on any atom is -0.392 e. The van der Waals surface area contributed by atoms with E-state index in [1.165, 1.54) is 12.2 Å². The normalized spacial score (nSPS) is 26.7. The van der Waals surface area contributed by atoms with Crippen molar-refractivity contribution < 1.29 is 49.4 Å². The molecule has 294 valence electrons. The molecule has 2 aliphatic rings. The van der Waals surface area contributed by atoms with Gasteiger partial charge in [0.05, 0.1) is 24.4 Å². The summed E-state index contributed by atoms with van der Waals surface area (Å²) in [7, 11) is 0. The Hall–Kier alpha value is -4.33. The van der Waals surface area contributed by atoms with Gasteiger partial charge >= 0.3 is 0 Å². The van der Waals surface area contributed by atoms with Crippen molar-refractivity contribution >= 4 is 17.5 Å². The van der Waals surface area contributed by atoms with Crippen LogP contribution >= 0.6 is 0 Å². The summed E-state index contributed by atoms with van der Waals surface area (Å²) >= 11 is 0. The van der Waals surface area contributed by atoms with E-state index in [0.29, 0.717) is 6.42 Å². The van der Waals surface area contributed by atoms with Gasteiger partial charge in [-0.15, -0.1) is 0 Å². The number of Topliss-reactive ketones (excluding diaryl/α,β-unsaturated/α-hetero) is 2. The number of ketones is 2. The average Bonchev–Trinajstić information content (AvgIpc) is 3.46. The van der Waals surface area contributed by atoms with Crippen molar-refractivity contribution in [2.45, 2.75) is 102 Å². The van der Waals surface area contributed by atoms with Crippen LogP contribution < -0.4 is 5.32 Å². The molecule has 1 aliphatic heterocycles. The van der Waals surface area contributed by atoms with Crippen LogP contribution in [0.1, 0.15) is 47.0 Å². The van der Waals surface area contributed by atoms with E-state index in [9.17, 15) is 39.9 Å². The summed E-state index contributed by atoms with van der Waals surface area (Å²) < 4.78 is 11.1. The van der Waals surface area contributed by atoms with Crippen LogP contribution in [0.3, 0.4) is 0 Å². The molecule has 1 amide bonds. The molecule has 0 spiro atoms. The quantitative estimate of drug-likeness (QED) is 0.0602. The van der Waals surface area contributed by atoms with E-state index in [-0.39, 0.29) is 42.3 Å². The number of nitrogens with one attached hydrogen (secondary N) is 1. The Labute approximate surface area is 319 Å². The fourth-order valence-corrected chi connectivity index (χ4v) is 5.25. The highest BCUT2D eigenvalue weighted by Crippen LogP contribution is 2.23. The van der Waals surface area contributed by atoms with E-state index in [2.05, 4.69) is 5.32 Å². The Kier molecular flexibility index (Phi) is 21.8. The average molecular weight is 748 g/mol. The lowest BCUT2D eigenvalue weighted by atomic mass is 9.89. The summed E-state index contributed by atoms with van der Waals surface area (Å²) in [4.78, 5) is 35.0. The molecule has 0 radical (unpaired) electrons. The Morgan fingerprint density at radius 2 is 1.20 bits per heavy atom. The molecule has 10 unspecified atom stereocenters. The van der Waals surface area contributed by atoms with Crippen LogP contribution in [0.15, 0.2) is 134 Å². The zero-order valence-corrected chi connectivity index (χ0v) is 31.5. The molecule has 10 atom stereocenters. The topological polar surface area (TPSA) is 183 Å². The molecule has 54 heavy (non-hydrogen) atoms. The lowest BCUT2D eigenvalue weighted by Crippen LogP contribution is -2.57. The maximum atomic E-state index is 11.8. The van der Waals surface area contributed by atoms with E-state index < -0.39 is 54.9 Å². The Morgan fingerprint density at radius 3 is 1.76 bits per heavy atom. The van der Waals surface area contributed by atoms with Crippen LogP contribution in [0.5, 0.6) is 0 Å². The van der Waals surface area contributed by atoms with Crippen molar-refractivity contribution in [3.63, 3.8) is 0 Å². The third kappa shape index (κ3) is 17.2. The van der Waals surface area contributed by atoms with E-state index in [1.54, 1.807) is 50.3 Å². The molecule has 11 nitrogen and oxygen atoms in total. The number of hydrogen-bond acceptors (Lipinski definition) is 10. The van der Waals surface area contributed by atoms with E-state index in [4.69, 9.17) is 9.47 Å². The third-order valence-electron chi connectivity index (χ3n) is 8.69. The predicted molar refractivity (Wildman–Crippen MR) is 210 cm³/mol. The van der Waals surface area contributed by atoms with Gasteiger partial charge < -0.3 is 40.3 Å². The number of aliphatic hydroxyl groups is 5. The summed E-state index contributed by atoms with van der Waals surface area (Å²) in [5.74, 6) is -1.56. The van der Waals surface area contributed by atoms with E-state index in [1.807, 2.05) is 98.9 Å². The lowest BCUT2D eigenvalue weighted by Gasteiger charge is -2.39. The Morgan fingerprint density at radius 1 is 0.722 bits per heavy atom. The highest BCUT2D eigenvalue weighted by molar-refractivity contribution is 6.14. The van der Waals surface area contributed by atoms with Gasteiger partial charge in [0.25, 0.3) is 0 Å². The highest BCUT2D eigenvalue weighted by atomic mass is 16.7. The van der Waals surface area contributed by atoms with Gasteiger partial charge in [0.1, 0.15) is 24.4 Å². The first-order chi connectivity index (χ1) is 25.8. The minimum atomic E-state index is -1.32. The summed E-state index contributed by atoms with van der Waals surface area (Å²) in [6.45, 7) is 7.12. The molecular weight excluding hydrogens is 690 g/mol. The fraction of sp³-hybridized carbons (Fsp3) is 0.419. The molecule has 0 aromatic rings. The zero-order chi connectivity index (χ0) is 39.9. The molecule has 1 heterocycles. The predicted octanol–water partition coefficient (Wildman–Crippen LogP) is 4.14. The first-order valence-electron chi connectivity index (χ1n) is 18.3. The third-order valence-corrected chi connectivity index (χ3v) is 8.69. The number of allylic oxidation sites excluding steroid dienone is 18. The van der Waals surface area contributed by atoms with Crippen molar-refractivity contribution in [2.24, 2.45) is 11.8 Å². The monoisotopic (exact) mass is 747 g/mol. The van der Waals surface area contributed by atoms with Gasteiger partial charge in [-0.25, -0.2) is 0 Å². The van der Waals surface area contributed by atoms with Crippen LogP contribution in [0.2, 0.25) is 0 Å². The summed E-state index contributed by atoms with van der Waals surface area (Å²) in [5, 5.41) is 53.4. The molecule has 2 rings (SSSR count). The van der Waals surface area contributed by atoms with Crippen molar-refractivity contribution in [3.8, 4) is 0 Å². The number of ether oxygens (including phenoxy) is 2. The maximum absolute atomic E-state index is 11.8. The second-order valence-electron chi connectivity index (χ2n) is 13.2. The van der Waals surface area contributed by atoms with Gasteiger partial charge in [0.15, 0.2) is 17.9 Å². The van der Waals surface area contributed by atoms with Crippen LogP contribution in [0.25, 0.3) is 0 Å². The maximum Gasteiger partial charge on any atom is 0.244 e. The van der Waals surface area contributed by atoms with Crippen LogP contribution in [-0.2, 0) is 23.9 Å². The van der Waals surface area contributed by atoms with Crippen molar-refractivity contribution in [1.29, 1.82) is 0 Å². The van der Waals surface area contributed by atoms with Gasteiger partial charge in [-0.1, -0.05) is 141 Å². The SMILES string of the molecule is CC(CC=CC=CC=CC=CC=CC(O)C(C)C(O)C(C)/C=C/C=C/C=C/C=C/C=CC=CC(=O)NC1C(=O)CCC1=O)OC1OC(C)C(O)C(O)C1O.